The van der Waals surface area contributed by atoms with E-state index in [2.05, 4.69) is 15.5 Å². The quantitative estimate of drug-likeness (QED) is 0.719. The number of nitrogens with one attached hydrogen (secondary N) is 1. The highest BCUT2D eigenvalue weighted by atomic mass is 32.2. The van der Waals surface area contributed by atoms with Crippen molar-refractivity contribution >= 4 is 45.1 Å². The zero-order chi connectivity index (χ0) is 19.4. The van der Waals surface area contributed by atoms with Gasteiger partial charge in [-0.25, -0.2) is 9.69 Å². The highest BCUT2D eigenvalue weighted by Gasteiger charge is 2.46. The molecule has 2 aliphatic rings. The predicted octanol–water partition coefficient (Wildman–Crippen LogP) is 3.42. The molecule has 2 aromatic heterocycles. The number of carbonyl (C=O) groups is 2. The van der Waals surface area contributed by atoms with Gasteiger partial charge in [0.25, 0.3) is 5.91 Å². The number of fused-ring (bicyclic) bond motifs is 2. The Morgan fingerprint density at radius 2 is 2.00 bits per heavy atom. The van der Waals surface area contributed by atoms with Crippen LogP contribution in [0.5, 0.6) is 0 Å². The van der Waals surface area contributed by atoms with E-state index in [1.54, 1.807) is 12.4 Å². The molecule has 0 spiro atoms. The Hall–Kier alpha value is -3.13. The van der Waals surface area contributed by atoms with Gasteiger partial charge in [-0.3, -0.25) is 9.78 Å². The van der Waals surface area contributed by atoms with Gasteiger partial charge in [0.1, 0.15) is 11.0 Å². The van der Waals surface area contributed by atoms with Crippen LogP contribution in [-0.2, 0) is 4.79 Å². The average Bonchev–Trinajstić information content (AvgIpc) is 3.24. The van der Waals surface area contributed by atoms with Crippen LogP contribution in [0.1, 0.15) is 17.0 Å². The standard InChI is InChI=1S/C20H16N4O3S/c1-10-17(11(2)27-23-10)16-7-14-18(28-16)19(25)24(20(26)22-14)15-9-21-8-12-5-3-4-6-13(12)15/h3-9,14,18H,1-2H3,(H,22,26). The van der Waals surface area contributed by atoms with Gasteiger partial charge in [0.15, 0.2) is 0 Å². The lowest BCUT2D eigenvalue weighted by molar-refractivity contribution is -0.118. The number of pyridine rings is 1. The Morgan fingerprint density at radius 3 is 2.79 bits per heavy atom. The number of aryl methyl sites for hydroxylation is 2. The molecule has 4 heterocycles. The first-order valence-electron chi connectivity index (χ1n) is 8.83. The Kier molecular flexibility index (Phi) is 3.77. The third kappa shape index (κ3) is 2.45. The molecular weight excluding hydrogens is 376 g/mol. The molecule has 2 unspecified atom stereocenters. The van der Waals surface area contributed by atoms with Crippen molar-refractivity contribution in [1.82, 2.24) is 15.5 Å². The van der Waals surface area contributed by atoms with Crippen molar-refractivity contribution in [3.05, 3.63) is 59.8 Å². The van der Waals surface area contributed by atoms with Crippen LogP contribution >= 0.6 is 11.8 Å². The molecule has 5 rings (SSSR count). The summed E-state index contributed by atoms with van der Waals surface area (Å²) in [6.45, 7) is 3.71. The van der Waals surface area contributed by atoms with Gasteiger partial charge in [-0.05, 0) is 19.9 Å². The summed E-state index contributed by atoms with van der Waals surface area (Å²) in [6, 6.07) is 6.75. The van der Waals surface area contributed by atoms with Gasteiger partial charge in [-0.2, -0.15) is 0 Å². The van der Waals surface area contributed by atoms with Crippen molar-refractivity contribution in [1.29, 1.82) is 0 Å². The first kappa shape index (κ1) is 17.0. The summed E-state index contributed by atoms with van der Waals surface area (Å²) in [5.41, 5.74) is 2.15. The van der Waals surface area contributed by atoms with Gasteiger partial charge < -0.3 is 9.84 Å². The lowest BCUT2D eigenvalue weighted by Gasteiger charge is -2.33. The smallest absolute Gasteiger partial charge is 0.329 e. The lowest BCUT2D eigenvalue weighted by atomic mass is 10.1. The van der Waals surface area contributed by atoms with Crippen molar-refractivity contribution in [2.75, 3.05) is 4.90 Å². The number of anilines is 1. The molecule has 28 heavy (non-hydrogen) atoms. The van der Waals surface area contributed by atoms with E-state index >= 15 is 0 Å². The molecule has 140 valence electrons. The number of imide groups is 1. The molecule has 1 N–H and O–H groups in total. The number of benzene rings is 1. The summed E-state index contributed by atoms with van der Waals surface area (Å²) >= 11 is 1.43. The van der Waals surface area contributed by atoms with Crippen LogP contribution in [-0.4, -0.2) is 33.4 Å². The maximum absolute atomic E-state index is 13.3. The van der Waals surface area contributed by atoms with Gasteiger partial charge in [0.2, 0.25) is 0 Å². The van der Waals surface area contributed by atoms with E-state index in [1.165, 1.54) is 16.7 Å². The summed E-state index contributed by atoms with van der Waals surface area (Å²) < 4.78 is 5.25. The van der Waals surface area contributed by atoms with Crippen LogP contribution in [0.25, 0.3) is 15.7 Å². The average molecular weight is 392 g/mol. The maximum atomic E-state index is 13.3. The number of urea groups is 1. The fourth-order valence-electron chi connectivity index (χ4n) is 3.74. The fourth-order valence-corrected chi connectivity index (χ4v) is 5.15. The molecular formula is C20H16N4O3S. The van der Waals surface area contributed by atoms with E-state index in [1.807, 2.05) is 44.2 Å². The molecule has 0 radical (unpaired) electrons. The summed E-state index contributed by atoms with van der Waals surface area (Å²) in [6.07, 6.45) is 5.19. The van der Waals surface area contributed by atoms with Crippen molar-refractivity contribution < 1.29 is 14.1 Å². The van der Waals surface area contributed by atoms with E-state index in [-0.39, 0.29) is 11.9 Å². The molecule has 3 aromatic rings. The molecule has 0 saturated carbocycles. The second kappa shape index (κ2) is 6.20. The first-order chi connectivity index (χ1) is 13.5. The minimum atomic E-state index is -0.444. The molecule has 2 atom stereocenters. The van der Waals surface area contributed by atoms with Gasteiger partial charge >= 0.3 is 6.03 Å². The Bertz CT molecular complexity index is 1140. The highest BCUT2D eigenvalue weighted by molar-refractivity contribution is 8.09. The Labute approximate surface area is 164 Å². The third-order valence-electron chi connectivity index (χ3n) is 5.04. The zero-order valence-electron chi connectivity index (χ0n) is 15.2. The van der Waals surface area contributed by atoms with Gasteiger partial charge in [-0.15, -0.1) is 11.8 Å². The van der Waals surface area contributed by atoms with E-state index in [0.717, 1.165) is 26.9 Å². The van der Waals surface area contributed by atoms with E-state index in [4.69, 9.17) is 4.52 Å². The third-order valence-corrected chi connectivity index (χ3v) is 6.38. The second-order valence-electron chi connectivity index (χ2n) is 6.80. The predicted molar refractivity (Wildman–Crippen MR) is 107 cm³/mol. The van der Waals surface area contributed by atoms with E-state index in [9.17, 15) is 9.59 Å². The SMILES string of the molecule is Cc1noc(C)c1C1=CC2NC(=O)N(c3cncc4ccccc34)C(=O)C2S1. The Balaban J connectivity index is 1.53. The number of thioether (sulfide) groups is 1. The Morgan fingerprint density at radius 1 is 1.18 bits per heavy atom. The van der Waals surface area contributed by atoms with Crippen LogP contribution in [0.4, 0.5) is 10.5 Å². The monoisotopic (exact) mass is 392 g/mol. The molecule has 3 amide bonds. The van der Waals surface area contributed by atoms with Gasteiger partial charge in [0, 0.05) is 21.9 Å². The minimum absolute atomic E-state index is 0.255. The lowest BCUT2D eigenvalue weighted by Crippen LogP contribution is -2.60. The minimum Gasteiger partial charge on any atom is -0.361 e. The van der Waals surface area contributed by atoms with Crippen molar-refractivity contribution in [3.8, 4) is 0 Å². The van der Waals surface area contributed by atoms with Crippen LogP contribution in [0.15, 0.2) is 47.3 Å². The van der Waals surface area contributed by atoms with E-state index < -0.39 is 11.3 Å². The maximum Gasteiger partial charge on any atom is 0.329 e. The topological polar surface area (TPSA) is 88.3 Å². The van der Waals surface area contributed by atoms with Crippen LogP contribution in [0.3, 0.4) is 0 Å². The van der Waals surface area contributed by atoms with Gasteiger partial charge in [-0.1, -0.05) is 29.4 Å². The number of hydrogen-bond donors (Lipinski definition) is 1. The summed E-state index contributed by atoms with van der Waals surface area (Å²) in [4.78, 5) is 32.4. The van der Waals surface area contributed by atoms with Crippen molar-refractivity contribution in [2.45, 2.75) is 25.1 Å². The van der Waals surface area contributed by atoms with Crippen LogP contribution in [0.2, 0.25) is 0 Å². The normalized spacial score (nSPS) is 21.6. The van der Waals surface area contributed by atoms with Crippen molar-refractivity contribution in [2.24, 2.45) is 0 Å². The summed E-state index contributed by atoms with van der Waals surface area (Å²) in [5.74, 6) is 0.443. The number of aromatic nitrogens is 2. The molecule has 0 bridgehead atoms. The van der Waals surface area contributed by atoms with Gasteiger partial charge in [0.05, 0.1) is 29.2 Å². The molecule has 0 aliphatic carbocycles. The summed E-state index contributed by atoms with van der Waals surface area (Å²) in [5, 5.41) is 8.17. The molecule has 1 saturated heterocycles. The molecule has 1 fully saturated rings. The number of rotatable bonds is 2. The molecule has 1 aromatic carbocycles. The number of amides is 3. The second-order valence-corrected chi connectivity index (χ2v) is 7.98. The highest BCUT2D eigenvalue weighted by Crippen LogP contribution is 2.44. The molecule has 7 nitrogen and oxygen atoms in total. The molecule has 2 aliphatic heterocycles. The number of hydrogen-bond acceptors (Lipinski definition) is 6. The molecule has 8 heteroatoms. The summed E-state index contributed by atoms with van der Waals surface area (Å²) in [7, 11) is 0. The first-order valence-corrected chi connectivity index (χ1v) is 9.71. The number of carbonyl (C=O) groups excluding carboxylic acids is 2. The van der Waals surface area contributed by atoms with E-state index in [0.29, 0.717) is 11.4 Å². The van der Waals surface area contributed by atoms with Crippen molar-refractivity contribution in [3.63, 3.8) is 0 Å². The van der Waals surface area contributed by atoms with Crippen LogP contribution < -0.4 is 10.2 Å². The zero-order valence-corrected chi connectivity index (χ0v) is 16.0. The number of nitrogens with zero attached hydrogens (tertiary/aromatic N) is 3. The van der Waals surface area contributed by atoms with Crippen LogP contribution in [0, 0.1) is 13.8 Å². The fraction of sp³-hybridized carbons (Fsp3) is 0.200. The largest absolute Gasteiger partial charge is 0.361 e.